The summed E-state index contributed by atoms with van der Waals surface area (Å²) in [6.07, 6.45) is 1.52. The summed E-state index contributed by atoms with van der Waals surface area (Å²) in [5.74, 6) is -0.260. The van der Waals surface area contributed by atoms with Crippen LogP contribution in [-0.4, -0.2) is 23.2 Å². The molecule has 1 heterocycles. The average Bonchev–Trinajstić information content (AvgIpc) is 3.02. The van der Waals surface area contributed by atoms with Crippen LogP contribution in [0.5, 0.6) is 0 Å². The number of carbonyl (C=O) groups excluding carboxylic acids is 2. The van der Waals surface area contributed by atoms with E-state index >= 15 is 0 Å². The van der Waals surface area contributed by atoms with Gasteiger partial charge in [-0.25, -0.2) is 0 Å². The van der Waals surface area contributed by atoms with Gasteiger partial charge in [0.15, 0.2) is 5.78 Å². The lowest BCUT2D eigenvalue weighted by Crippen LogP contribution is -2.34. The number of fused-ring (bicyclic) bond motifs is 1. The lowest BCUT2D eigenvalue weighted by Gasteiger charge is -2.18. The Morgan fingerprint density at radius 1 is 1.14 bits per heavy atom. The van der Waals surface area contributed by atoms with Crippen LogP contribution in [0.3, 0.4) is 0 Å². The van der Waals surface area contributed by atoms with Gasteiger partial charge in [0, 0.05) is 17.8 Å². The normalized spacial score (nSPS) is 12.1. The molecule has 0 fully saturated rings. The van der Waals surface area contributed by atoms with Crippen molar-refractivity contribution in [1.82, 2.24) is 10.3 Å². The highest BCUT2D eigenvalue weighted by atomic mass is 16.2. The lowest BCUT2D eigenvalue weighted by molar-refractivity contribution is 0.0932. The molecule has 1 aromatic heterocycles. The number of carbonyl (C=O) groups is 2. The van der Waals surface area contributed by atoms with Crippen LogP contribution in [0.1, 0.15) is 64.0 Å². The van der Waals surface area contributed by atoms with E-state index < -0.39 is 0 Å². The highest BCUT2D eigenvalue weighted by Crippen LogP contribution is 2.24. The van der Waals surface area contributed by atoms with E-state index in [2.05, 4.69) is 22.4 Å². The van der Waals surface area contributed by atoms with E-state index in [1.54, 1.807) is 0 Å². The Balaban J connectivity index is 1.91. The third-order valence-electron chi connectivity index (χ3n) is 5.09. The zero-order valence-electron chi connectivity index (χ0n) is 16.6. The van der Waals surface area contributed by atoms with Gasteiger partial charge in [0.25, 0.3) is 5.91 Å². The lowest BCUT2D eigenvalue weighted by atomic mass is 9.99. The molecular formula is C23H27N3O2. The topological polar surface area (TPSA) is 88.0 Å². The highest BCUT2D eigenvalue weighted by molar-refractivity contribution is 6.02. The van der Waals surface area contributed by atoms with Crippen molar-refractivity contribution >= 4 is 22.5 Å². The molecule has 3 aromatic rings. The number of H-pyrrole nitrogens is 1. The Labute approximate surface area is 165 Å². The van der Waals surface area contributed by atoms with E-state index in [9.17, 15) is 9.59 Å². The SMILES string of the molecule is CCCc1c(C(=O)NC(CN)c2ccc3ccccc3c2)[nH]c(C)c1C(C)=O. The second-order valence-corrected chi connectivity index (χ2v) is 7.15. The van der Waals surface area contributed by atoms with Crippen LogP contribution in [0, 0.1) is 6.92 Å². The number of nitrogens with two attached hydrogens (primary N) is 1. The molecule has 2 aromatic carbocycles. The molecule has 0 saturated heterocycles. The Morgan fingerprint density at radius 3 is 2.50 bits per heavy atom. The molecule has 0 aliphatic rings. The summed E-state index contributed by atoms with van der Waals surface area (Å²) in [5.41, 5.74) is 9.55. The number of aromatic amines is 1. The number of benzene rings is 2. The predicted molar refractivity (Wildman–Crippen MR) is 113 cm³/mol. The number of Topliss-reactive ketones (excluding diaryl/α,β-unsaturated/α-hetero) is 1. The van der Waals surface area contributed by atoms with E-state index in [0.29, 0.717) is 17.7 Å². The van der Waals surface area contributed by atoms with Crippen LogP contribution in [0.15, 0.2) is 42.5 Å². The smallest absolute Gasteiger partial charge is 0.268 e. The number of rotatable bonds is 7. The van der Waals surface area contributed by atoms with Crippen LogP contribution in [0.4, 0.5) is 0 Å². The third-order valence-corrected chi connectivity index (χ3v) is 5.09. The summed E-state index contributed by atoms with van der Waals surface area (Å²) in [6.45, 7) is 5.68. The minimum absolute atomic E-state index is 0.0267. The van der Waals surface area contributed by atoms with Gasteiger partial charge < -0.3 is 16.0 Å². The molecule has 0 spiro atoms. The van der Waals surface area contributed by atoms with Gasteiger partial charge in [-0.05, 0) is 48.2 Å². The summed E-state index contributed by atoms with van der Waals surface area (Å²) >= 11 is 0. The summed E-state index contributed by atoms with van der Waals surface area (Å²) < 4.78 is 0. The zero-order valence-corrected chi connectivity index (χ0v) is 16.6. The standard InChI is InChI=1S/C23H27N3O2/c1-4-7-19-21(15(3)27)14(2)25-22(19)23(28)26-20(13-24)18-11-10-16-8-5-6-9-17(16)12-18/h5-6,8-12,20,25H,4,7,13,24H2,1-3H3,(H,26,28). The Kier molecular flexibility index (Phi) is 5.95. The van der Waals surface area contributed by atoms with Crippen LogP contribution >= 0.6 is 0 Å². The van der Waals surface area contributed by atoms with Crippen LogP contribution in [-0.2, 0) is 6.42 Å². The van der Waals surface area contributed by atoms with Crippen LogP contribution in [0.2, 0.25) is 0 Å². The molecule has 3 rings (SSSR count). The highest BCUT2D eigenvalue weighted by Gasteiger charge is 2.24. The maximum atomic E-state index is 13.0. The fourth-order valence-electron chi connectivity index (χ4n) is 3.78. The number of nitrogens with one attached hydrogen (secondary N) is 2. The van der Waals surface area contributed by atoms with Crippen molar-refractivity contribution in [2.24, 2.45) is 5.73 Å². The molecule has 1 amide bonds. The summed E-state index contributed by atoms with van der Waals surface area (Å²) in [6, 6.07) is 13.9. The fraction of sp³-hybridized carbons (Fsp3) is 0.304. The van der Waals surface area contributed by atoms with Gasteiger partial charge >= 0.3 is 0 Å². The first-order valence-electron chi connectivity index (χ1n) is 9.68. The van der Waals surface area contributed by atoms with E-state index in [1.807, 2.05) is 44.2 Å². The zero-order chi connectivity index (χ0) is 20.3. The van der Waals surface area contributed by atoms with Gasteiger partial charge in [-0.3, -0.25) is 9.59 Å². The Bertz CT molecular complexity index is 1020. The number of ketones is 1. The third kappa shape index (κ3) is 3.85. The van der Waals surface area contributed by atoms with Crippen molar-refractivity contribution in [3.8, 4) is 0 Å². The van der Waals surface area contributed by atoms with Gasteiger partial charge in [0.05, 0.1) is 6.04 Å². The molecule has 5 nitrogen and oxygen atoms in total. The number of hydrogen-bond donors (Lipinski definition) is 3. The van der Waals surface area contributed by atoms with E-state index in [-0.39, 0.29) is 24.3 Å². The number of hydrogen-bond acceptors (Lipinski definition) is 3. The van der Waals surface area contributed by atoms with Crippen LogP contribution in [0.25, 0.3) is 10.8 Å². The van der Waals surface area contributed by atoms with Crippen molar-refractivity contribution in [1.29, 1.82) is 0 Å². The van der Waals surface area contributed by atoms with E-state index in [4.69, 9.17) is 5.73 Å². The maximum Gasteiger partial charge on any atom is 0.268 e. The molecule has 5 heteroatoms. The molecule has 28 heavy (non-hydrogen) atoms. The van der Waals surface area contributed by atoms with E-state index in [0.717, 1.165) is 34.0 Å². The van der Waals surface area contributed by atoms with Crippen molar-refractivity contribution in [2.45, 2.75) is 39.7 Å². The van der Waals surface area contributed by atoms with Crippen molar-refractivity contribution in [3.05, 3.63) is 70.5 Å². The molecular weight excluding hydrogens is 350 g/mol. The van der Waals surface area contributed by atoms with Crippen LogP contribution < -0.4 is 11.1 Å². The first-order valence-corrected chi connectivity index (χ1v) is 9.68. The minimum atomic E-state index is -0.309. The molecule has 4 N–H and O–H groups in total. The van der Waals surface area contributed by atoms with Gasteiger partial charge in [-0.2, -0.15) is 0 Å². The first-order chi connectivity index (χ1) is 13.5. The van der Waals surface area contributed by atoms with Crippen molar-refractivity contribution in [3.63, 3.8) is 0 Å². The fourth-order valence-corrected chi connectivity index (χ4v) is 3.78. The monoisotopic (exact) mass is 377 g/mol. The molecule has 0 aliphatic heterocycles. The summed E-state index contributed by atoms with van der Waals surface area (Å²) in [7, 11) is 0. The summed E-state index contributed by atoms with van der Waals surface area (Å²) in [5, 5.41) is 5.28. The Hall–Kier alpha value is -2.92. The average molecular weight is 377 g/mol. The second kappa shape index (κ2) is 8.40. The maximum absolute atomic E-state index is 13.0. The second-order valence-electron chi connectivity index (χ2n) is 7.15. The van der Waals surface area contributed by atoms with Crippen molar-refractivity contribution < 1.29 is 9.59 Å². The van der Waals surface area contributed by atoms with Gasteiger partial charge in [-0.15, -0.1) is 0 Å². The molecule has 1 unspecified atom stereocenters. The predicted octanol–water partition coefficient (Wildman–Crippen LogP) is 4.06. The quantitative estimate of drug-likeness (QED) is 0.543. The number of aromatic nitrogens is 1. The largest absolute Gasteiger partial charge is 0.354 e. The van der Waals surface area contributed by atoms with Gasteiger partial charge in [0.2, 0.25) is 0 Å². The van der Waals surface area contributed by atoms with Crippen molar-refractivity contribution in [2.75, 3.05) is 6.54 Å². The molecule has 0 saturated carbocycles. The molecule has 0 aliphatic carbocycles. The minimum Gasteiger partial charge on any atom is -0.354 e. The molecule has 0 bridgehead atoms. The molecule has 0 radical (unpaired) electrons. The number of aryl methyl sites for hydroxylation is 1. The van der Waals surface area contributed by atoms with E-state index in [1.165, 1.54) is 6.92 Å². The van der Waals surface area contributed by atoms with Gasteiger partial charge in [-0.1, -0.05) is 49.7 Å². The molecule has 146 valence electrons. The van der Waals surface area contributed by atoms with Gasteiger partial charge in [0.1, 0.15) is 5.69 Å². The molecule has 1 atom stereocenters. The first kappa shape index (κ1) is 19.8. The number of amides is 1. The summed E-state index contributed by atoms with van der Waals surface area (Å²) in [4.78, 5) is 28.2. The Morgan fingerprint density at radius 2 is 1.86 bits per heavy atom.